The summed E-state index contributed by atoms with van der Waals surface area (Å²) in [5.74, 6) is 0.841. The van der Waals surface area contributed by atoms with Gasteiger partial charge in [0.15, 0.2) is 0 Å². The molecule has 110 valence electrons. The molecule has 1 aromatic rings. The number of nitrogens with zero attached hydrogens (tertiary/aromatic N) is 2. The van der Waals surface area contributed by atoms with Gasteiger partial charge in [-0.2, -0.15) is 5.26 Å². The van der Waals surface area contributed by atoms with Crippen molar-refractivity contribution in [2.24, 2.45) is 13.0 Å². The minimum Gasteiger partial charge on any atom is -0.340 e. The maximum Gasteiger partial charge on any atom is 0.120 e. The average molecular weight is 273 g/mol. The molecule has 3 heteroatoms. The van der Waals surface area contributed by atoms with E-state index in [1.54, 1.807) is 0 Å². The van der Waals surface area contributed by atoms with Crippen LogP contribution >= 0.6 is 0 Å². The molecule has 1 aliphatic rings. The number of nitriles is 1. The first-order valence-electron chi connectivity index (χ1n) is 7.96. The zero-order valence-corrected chi connectivity index (χ0v) is 13.1. The van der Waals surface area contributed by atoms with Crippen LogP contribution in [0.5, 0.6) is 0 Å². The van der Waals surface area contributed by atoms with Gasteiger partial charge in [-0.3, -0.25) is 0 Å². The summed E-state index contributed by atoms with van der Waals surface area (Å²) in [6.07, 6.45) is 8.15. The molecule has 3 nitrogen and oxygen atoms in total. The third-order valence-corrected chi connectivity index (χ3v) is 4.97. The van der Waals surface area contributed by atoms with Gasteiger partial charge in [-0.05, 0) is 43.7 Å². The van der Waals surface area contributed by atoms with E-state index in [9.17, 15) is 0 Å². The van der Waals surface area contributed by atoms with E-state index in [0.717, 1.165) is 18.2 Å². The van der Waals surface area contributed by atoms with Crippen LogP contribution in [0.25, 0.3) is 0 Å². The van der Waals surface area contributed by atoms with Crippen LogP contribution in [-0.2, 0) is 13.6 Å². The number of hydrogen-bond acceptors (Lipinski definition) is 2. The van der Waals surface area contributed by atoms with Crippen molar-refractivity contribution < 1.29 is 0 Å². The Morgan fingerprint density at radius 1 is 1.40 bits per heavy atom. The highest BCUT2D eigenvalue weighted by atomic mass is 15.0. The Bertz CT molecular complexity index is 475. The van der Waals surface area contributed by atoms with Gasteiger partial charge >= 0.3 is 0 Å². The van der Waals surface area contributed by atoms with Crippen molar-refractivity contribution in [2.75, 3.05) is 0 Å². The second-order valence-electron chi connectivity index (χ2n) is 6.10. The quantitative estimate of drug-likeness (QED) is 0.889. The summed E-state index contributed by atoms with van der Waals surface area (Å²) in [6, 6.07) is 4.91. The second kappa shape index (κ2) is 6.95. The molecule has 1 aliphatic carbocycles. The Kier molecular flexibility index (Phi) is 5.25. The summed E-state index contributed by atoms with van der Waals surface area (Å²) in [7, 11) is 1.97. The van der Waals surface area contributed by atoms with Crippen LogP contribution in [0.15, 0.2) is 6.07 Å². The van der Waals surface area contributed by atoms with Gasteiger partial charge < -0.3 is 9.88 Å². The predicted octanol–water partition coefficient (Wildman–Crippen LogP) is 3.65. The fourth-order valence-corrected chi connectivity index (χ4v) is 3.47. The first-order valence-corrected chi connectivity index (χ1v) is 7.96. The average Bonchev–Trinajstić information content (AvgIpc) is 2.77. The molecule has 1 fully saturated rings. The highest BCUT2D eigenvalue weighted by molar-refractivity contribution is 5.34. The van der Waals surface area contributed by atoms with Crippen LogP contribution in [0.4, 0.5) is 0 Å². The number of aromatic nitrogens is 1. The van der Waals surface area contributed by atoms with Crippen molar-refractivity contribution in [3.63, 3.8) is 0 Å². The molecule has 20 heavy (non-hydrogen) atoms. The van der Waals surface area contributed by atoms with Crippen molar-refractivity contribution in [3.05, 3.63) is 23.0 Å². The topological polar surface area (TPSA) is 40.8 Å². The Balaban J connectivity index is 1.98. The molecule has 0 bridgehead atoms. The SMILES string of the molecule is CCC(NCc1cc(C#N)n(C)c1C)C1CCCCC1. The van der Waals surface area contributed by atoms with Crippen molar-refractivity contribution in [1.29, 1.82) is 5.26 Å². The molecule has 0 radical (unpaired) electrons. The Hall–Kier alpha value is -1.27. The third-order valence-electron chi connectivity index (χ3n) is 4.97. The molecule has 0 amide bonds. The van der Waals surface area contributed by atoms with Gasteiger partial charge in [0.1, 0.15) is 11.8 Å². The first kappa shape index (κ1) is 15.1. The van der Waals surface area contributed by atoms with E-state index in [-0.39, 0.29) is 0 Å². The fraction of sp³-hybridized carbons (Fsp3) is 0.706. The lowest BCUT2D eigenvalue weighted by atomic mass is 9.83. The zero-order valence-electron chi connectivity index (χ0n) is 13.1. The van der Waals surface area contributed by atoms with Crippen molar-refractivity contribution in [1.82, 2.24) is 9.88 Å². The minimum absolute atomic E-state index is 0.625. The van der Waals surface area contributed by atoms with E-state index >= 15 is 0 Å². The maximum atomic E-state index is 9.09. The van der Waals surface area contributed by atoms with Gasteiger partial charge in [-0.1, -0.05) is 26.2 Å². The molecule has 0 saturated heterocycles. The molecule has 0 spiro atoms. The highest BCUT2D eigenvalue weighted by Crippen LogP contribution is 2.28. The molecule has 2 rings (SSSR count). The van der Waals surface area contributed by atoms with Gasteiger partial charge in [-0.15, -0.1) is 0 Å². The van der Waals surface area contributed by atoms with E-state index in [1.165, 1.54) is 49.8 Å². The zero-order chi connectivity index (χ0) is 14.5. The molecule has 1 aromatic heterocycles. The highest BCUT2D eigenvalue weighted by Gasteiger charge is 2.22. The van der Waals surface area contributed by atoms with E-state index in [4.69, 9.17) is 5.26 Å². The van der Waals surface area contributed by atoms with E-state index in [0.29, 0.717) is 6.04 Å². The molecule has 1 unspecified atom stereocenters. The summed E-state index contributed by atoms with van der Waals surface area (Å²) in [5, 5.41) is 12.8. The van der Waals surface area contributed by atoms with Crippen LogP contribution in [0.1, 0.15) is 62.4 Å². The summed E-state index contributed by atoms with van der Waals surface area (Å²) in [6.45, 7) is 5.26. The van der Waals surface area contributed by atoms with Gasteiger partial charge in [0.25, 0.3) is 0 Å². The van der Waals surface area contributed by atoms with Crippen LogP contribution in [0.2, 0.25) is 0 Å². The Labute approximate surface area is 123 Å². The molecule has 1 heterocycles. The van der Waals surface area contributed by atoms with E-state index < -0.39 is 0 Å². The minimum atomic E-state index is 0.625. The Morgan fingerprint density at radius 2 is 2.10 bits per heavy atom. The monoisotopic (exact) mass is 273 g/mol. The van der Waals surface area contributed by atoms with Gasteiger partial charge in [0.05, 0.1) is 0 Å². The van der Waals surface area contributed by atoms with Gasteiger partial charge in [-0.25, -0.2) is 0 Å². The summed E-state index contributed by atoms with van der Waals surface area (Å²) in [4.78, 5) is 0. The van der Waals surface area contributed by atoms with Crippen LogP contribution < -0.4 is 5.32 Å². The van der Waals surface area contributed by atoms with Crippen molar-refractivity contribution in [2.45, 2.75) is 65.0 Å². The lowest BCUT2D eigenvalue weighted by Gasteiger charge is -2.30. The van der Waals surface area contributed by atoms with Crippen molar-refractivity contribution in [3.8, 4) is 6.07 Å². The number of rotatable bonds is 5. The maximum absolute atomic E-state index is 9.09. The molecule has 1 atom stereocenters. The van der Waals surface area contributed by atoms with Crippen LogP contribution in [-0.4, -0.2) is 10.6 Å². The van der Waals surface area contributed by atoms with E-state index in [1.807, 2.05) is 17.7 Å². The Morgan fingerprint density at radius 3 is 2.65 bits per heavy atom. The standard InChI is InChI=1S/C17H27N3/c1-4-17(14-8-6-5-7-9-14)19-12-15-10-16(11-18)20(3)13(15)2/h10,14,17,19H,4-9,12H2,1-3H3. The van der Waals surface area contributed by atoms with Crippen LogP contribution in [0.3, 0.4) is 0 Å². The van der Waals surface area contributed by atoms with Gasteiger partial charge in [0.2, 0.25) is 0 Å². The van der Waals surface area contributed by atoms with Gasteiger partial charge in [0, 0.05) is 25.3 Å². The predicted molar refractivity (Wildman–Crippen MR) is 82.4 cm³/mol. The normalized spacial score (nSPS) is 17.9. The molecule has 0 aromatic carbocycles. The lowest BCUT2D eigenvalue weighted by Crippen LogP contribution is -2.36. The fourth-order valence-electron chi connectivity index (χ4n) is 3.47. The molecular weight excluding hydrogens is 246 g/mol. The summed E-state index contributed by atoms with van der Waals surface area (Å²) >= 11 is 0. The molecule has 1 N–H and O–H groups in total. The smallest absolute Gasteiger partial charge is 0.120 e. The molecular formula is C17H27N3. The molecule has 1 saturated carbocycles. The number of nitrogens with one attached hydrogen (secondary N) is 1. The van der Waals surface area contributed by atoms with Crippen molar-refractivity contribution >= 4 is 0 Å². The lowest BCUT2D eigenvalue weighted by molar-refractivity contribution is 0.261. The summed E-state index contributed by atoms with van der Waals surface area (Å²) in [5.41, 5.74) is 3.22. The second-order valence-corrected chi connectivity index (χ2v) is 6.10. The first-order chi connectivity index (χ1) is 9.67. The number of hydrogen-bond donors (Lipinski definition) is 1. The largest absolute Gasteiger partial charge is 0.340 e. The van der Waals surface area contributed by atoms with Crippen LogP contribution in [0, 0.1) is 24.2 Å². The van der Waals surface area contributed by atoms with E-state index in [2.05, 4.69) is 25.2 Å². The summed E-state index contributed by atoms with van der Waals surface area (Å²) < 4.78 is 1.98. The molecule has 0 aliphatic heterocycles. The third kappa shape index (κ3) is 3.24.